The maximum atomic E-state index is 12.4. The lowest BCUT2D eigenvalue weighted by atomic mass is 10.2. The molecule has 0 spiro atoms. The van der Waals surface area contributed by atoms with Crippen LogP contribution in [0.2, 0.25) is 0 Å². The minimum atomic E-state index is -0.353. The molecule has 2 rings (SSSR count). The van der Waals surface area contributed by atoms with Crippen molar-refractivity contribution >= 4 is 27.7 Å². The monoisotopic (exact) mass is 353 g/mol. The molecule has 0 fully saturated rings. The topological polar surface area (TPSA) is 108 Å². The third-order valence-corrected chi connectivity index (χ3v) is 3.17. The van der Waals surface area contributed by atoms with Crippen molar-refractivity contribution in [2.75, 3.05) is 11.9 Å². The van der Waals surface area contributed by atoms with Gasteiger partial charge in [0.25, 0.3) is 5.91 Å². The average Bonchev–Trinajstić information content (AvgIpc) is 3.00. The predicted molar refractivity (Wildman–Crippen MR) is 80.8 cm³/mol. The van der Waals surface area contributed by atoms with Crippen LogP contribution in [0.25, 0.3) is 0 Å². The highest BCUT2D eigenvalue weighted by Crippen LogP contribution is 2.19. The minimum Gasteiger partial charge on any atom is -0.369 e. The number of aromatic nitrogens is 5. The molecule has 2 aromatic rings. The second kappa shape index (κ2) is 7.11. The molecular weight excluding hydrogens is 338 g/mol. The van der Waals surface area contributed by atoms with Crippen molar-refractivity contribution in [3.63, 3.8) is 0 Å². The number of rotatable bonds is 6. The fourth-order valence-electron chi connectivity index (χ4n) is 1.69. The first-order chi connectivity index (χ1) is 10.1. The molecule has 112 valence electrons. The molecule has 0 aliphatic rings. The molecule has 1 unspecified atom stereocenters. The van der Waals surface area contributed by atoms with Crippen LogP contribution in [0, 0.1) is 0 Å². The second-order valence-corrected chi connectivity index (χ2v) is 5.36. The molecule has 0 aliphatic heterocycles. The fourth-order valence-corrected chi connectivity index (χ4v) is 2.02. The molecule has 0 aliphatic carbocycles. The van der Waals surface area contributed by atoms with E-state index in [1.54, 1.807) is 19.2 Å². The van der Waals surface area contributed by atoms with Gasteiger partial charge in [-0.1, -0.05) is 12.1 Å². The largest absolute Gasteiger partial charge is 0.369 e. The number of tetrazole rings is 1. The molecule has 2 heterocycles. The first-order valence-electron chi connectivity index (χ1n) is 6.55. The van der Waals surface area contributed by atoms with Gasteiger partial charge in [-0.25, -0.2) is 4.98 Å². The van der Waals surface area contributed by atoms with Gasteiger partial charge in [0, 0.05) is 17.2 Å². The number of pyridine rings is 1. The summed E-state index contributed by atoms with van der Waals surface area (Å²) >= 11 is 3.33. The van der Waals surface area contributed by atoms with Crippen LogP contribution in [0.4, 0.5) is 5.82 Å². The number of nitrogens with zero attached hydrogens (tertiary/aromatic N) is 4. The quantitative estimate of drug-likeness (QED) is 0.728. The summed E-state index contributed by atoms with van der Waals surface area (Å²) < 4.78 is 0.738. The van der Waals surface area contributed by atoms with Gasteiger partial charge in [0.1, 0.15) is 5.82 Å². The minimum absolute atomic E-state index is 0.250. The van der Waals surface area contributed by atoms with Crippen molar-refractivity contribution in [2.24, 2.45) is 0 Å². The van der Waals surface area contributed by atoms with Crippen molar-refractivity contribution in [3.05, 3.63) is 28.1 Å². The van der Waals surface area contributed by atoms with Crippen LogP contribution in [-0.2, 0) is 0 Å². The van der Waals surface area contributed by atoms with Crippen molar-refractivity contribution in [1.82, 2.24) is 30.9 Å². The summed E-state index contributed by atoms with van der Waals surface area (Å²) in [5, 5.41) is 19.5. The number of H-pyrrole nitrogens is 1. The van der Waals surface area contributed by atoms with E-state index in [1.165, 1.54) is 0 Å². The van der Waals surface area contributed by atoms with E-state index in [-0.39, 0.29) is 11.9 Å². The van der Waals surface area contributed by atoms with Crippen LogP contribution in [0.15, 0.2) is 16.7 Å². The van der Waals surface area contributed by atoms with Crippen LogP contribution < -0.4 is 10.6 Å². The number of hydrogen-bond acceptors (Lipinski definition) is 6. The van der Waals surface area contributed by atoms with E-state index in [0.29, 0.717) is 17.2 Å². The number of aromatic amines is 1. The van der Waals surface area contributed by atoms with Gasteiger partial charge in [0.15, 0.2) is 5.82 Å². The van der Waals surface area contributed by atoms with Gasteiger partial charge < -0.3 is 10.6 Å². The Balaban J connectivity index is 2.15. The first-order valence-corrected chi connectivity index (χ1v) is 7.34. The molecule has 0 bridgehead atoms. The van der Waals surface area contributed by atoms with Gasteiger partial charge in [0.2, 0.25) is 0 Å². The fraction of sp³-hybridized carbons (Fsp3) is 0.417. The Morgan fingerprint density at radius 1 is 1.52 bits per heavy atom. The van der Waals surface area contributed by atoms with Crippen LogP contribution in [0.3, 0.4) is 0 Å². The van der Waals surface area contributed by atoms with E-state index in [0.717, 1.165) is 17.4 Å². The smallest absolute Gasteiger partial charge is 0.255 e. The Hall–Kier alpha value is -2.03. The molecule has 8 nitrogen and oxygen atoms in total. The molecule has 0 saturated heterocycles. The Labute approximate surface area is 130 Å². The standard InChI is InChI=1S/C12H16BrN7O/c1-3-4-14-11-9(5-8(13)6-15-11)12(21)16-7(2)10-17-19-20-18-10/h5-7H,3-4H2,1-2H3,(H,14,15)(H,16,21)(H,17,18,19,20). The Morgan fingerprint density at radius 2 is 2.33 bits per heavy atom. The van der Waals surface area contributed by atoms with Gasteiger partial charge in [-0.3, -0.25) is 4.79 Å². The molecule has 1 amide bonds. The van der Waals surface area contributed by atoms with Crippen molar-refractivity contribution < 1.29 is 4.79 Å². The van der Waals surface area contributed by atoms with Gasteiger partial charge in [0.05, 0.1) is 11.6 Å². The molecule has 2 aromatic heterocycles. The summed E-state index contributed by atoms with van der Waals surface area (Å²) in [5.74, 6) is 0.729. The zero-order valence-corrected chi connectivity index (χ0v) is 13.3. The van der Waals surface area contributed by atoms with Crippen LogP contribution >= 0.6 is 15.9 Å². The second-order valence-electron chi connectivity index (χ2n) is 4.44. The lowest BCUT2D eigenvalue weighted by Gasteiger charge is -2.13. The van der Waals surface area contributed by atoms with Crippen molar-refractivity contribution in [1.29, 1.82) is 0 Å². The zero-order valence-electron chi connectivity index (χ0n) is 11.7. The first kappa shape index (κ1) is 15.4. The third kappa shape index (κ3) is 3.97. The van der Waals surface area contributed by atoms with Crippen LogP contribution in [0.1, 0.15) is 42.5 Å². The summed E-state index contributed by atoms with van der Waals surface area (Å²) in [6.45, 7) is 4.58. The number of amides is 1. The van der Waals surface area contributed by atoms with E-state index in [4.69, 9.17) is 0 Å². The molecule has 3 N–H and O–H groups in total. The Morgan fingerprint density at radius 3 is 3.00 bits per heavy atom. The van der Waals surface area contributed by atoms with E-state index in [1.807, 2.05) is 6.92 Å². The van der Waals surface area contributed by atoms with Gasteiger partial charge >= 0.3 is 0 Å². The summed E-state index contributed by atoms with van der Waals surface area (Å²) in [6, 6.07) is 1.37. The Bertz CT molecular complexity index is 602. The maximum Gasteiger partial charge on any atom is 0.255 e. The summed E-state index contributed by atoms with van der Waals surface area (Å²) in [7, 11) is 0. The summed E-state index contributed by atoms with van der Waals surface area (Å²) in [6.07, 6.45) is 2.59. The lowest BCUT2D eigenvalue weighted by Crippen LogP contribution is -2.28. The maximum absolute atomic E-state index is 12.4. The molecule has 21 heavy (non-hydrogen) atoms. The highest BCUT2D eigenvalue weighted by Gasteiger charge is 2.18. The highest BCUT2D eigenvalue weighted by atomic mass is 79.9. The van der Waals surface area contributed by atoms with E-state index >= 15 is 0 Å². The normalized spacial score (nSPS) is 12.0. The van der Waals surface area contributed by atoms with Crippen molar-refractivity contribution in [3.8, 4) is 0 Å². The molecular formula is C12H16BrN7O. The number of carbonyl (C=O) groups is 1. The molecule has 1 atom stereocenters. The average molecular weight is 354 g/mol. The highest BCUT2D eigenvalue weighted by molar-refractivity contribution is 9.10. The van der Waals surface area contributed by atoms with Crippen LogP contribution in [-0.4, -0.2) is 38.1 Å². The van der Waals surface area contributed by atoms with Crippen molar-refractivity contribution in [2.45, 2.75) is 26.3 Å². The van der Waals surface area contributed by atoms with E-state index in [2.05, 4.69) is 52.2 Å². The number of halogens is 1. The molecule has 9 heteroatoms. The predicted octanol–water partition coefficient (Wildman–Crippen LogP) is 1.67. The number of anilines is 1. The zero-order chi connectivity index (χ0) is 15.2. The SMILES string of the molecule is CCCNc1ncc(Br)cc1C(=O)NC(C)c1nn[nH]n1. The van der Waals surface area contributed by atoms with Crippen LogP contribution in [0.5, 0.6) is 0 Å². The number of hydrogen-bond donors (Lipinski definition) is 3. The molecule has 0 saturated carbocycles. The number of nitrogens with one attached hydrogen (secondary N) is 3. The number of carbonyl (C=O) groups excluding carboxylic acids is 1. The summed E-state index contributed by atoms with van der Waals surface area (Å²) in [4.78, 5) is 16.6. The van der Waals surface area contributed by atoms with Gasteiger partial charge in [-0.2, -0.15) is 5.21 Å². The molecule has 0 aromatic carbocycles. The lowest BCUT2D eigenvalue weighted by molar-refractivity contribution is 0.0938. The summed E-state index contributed by atoms with van der Waals surface area (Å²) in [5.41, 5.74) is 0.466. The van der Waals surface area contributed by atoms with Gasteiger partial charge in [-0.05, 0) is 35.3 Å². The molecule has 0 radical (unpaired) electrons. The van der Waals surface area contributed by atoms with E-state index < -0.39 is 0 Å². The van der Waals surface area contributed by atoms with Gasteiger partial charge in [-0.15, -0.1) is 10.2 Å². The Kier molecular flexibility index (Phi) is 5.20. The van der Waals surface area contributed by atoms with E-state index in [9.17, 15) is 4.79 Å². The third-order valence-electron chi connectivity index (χ3n) is 2.74.